The van der Waals surface area contributed by atoms with Crippen molar-refractivity contribution >= 4 is 51.9 Å². The highest BCUT2D eigenvalue weighted by molar-refractivity contribution is 14.1. The molecule has 0 radical (unpaired) electrons. The van der Waals surface area contributed by atoms with Crippen LogP contribution in [0.5, 0.6) is 0 Å². The van der Waals surface area contributed by atoms with Gasteiger partial charge in [-0.2, -0.15) is 0 Å². The zero-order valence-corrected chi connectivity index (χ0v) is 10.9. The number of halogens is 2. The molecule has 1 aromatic rings. The molecule has 0 aliphatic rings. The fourth-order valence-electron chi connectivity index (χ4n) is 0.913. The van der Waals surface area contributed by atoms with E-state index in [9.17, 15) is 9.59 Å². The number of benzene rings is 1. The third-order valence-electron chi connectivity index (χ3n) is 1.58. The van der Waals surface area contributed by atoms with Crippen molar-refractivity contribution in [1.29, 1.82) is 0 Å². The summed E-state index contributed by atoms with van der Waals surface area (Å²) in [6.45, 7) is -0.421. The van der Waals surface area contributed by atoms with E-state index in [0.717, 1.165) is 3.57 Å². The highest BCUT2D eigenvalue weighted by Gasteiger charge is 2.06. The molecule has 86 valence electrons. The molecule has 5 nitrogen and oxygen atoms in total. The van der Waals surface area contributed by atoms with Gasteiger partial charge in [0, 0.05) is 8.59 Å². The van der Waals surface area contributed by atoms with E-state index in [1.165, 1.54) is 0 Å². The Morgan fingerprint density at radius 3 is 2.69 bits per heavy atom. The molecule has 0 fully saturated rings. The minimum Gasteiger partial charge on any atom is -0.480 e. The summed E-state index contributed by atoms with van der Waals surface area (Å²) in [6.07, 6.45) is 0. The van der Waals surface area contributed by atoms with E-state index in [0.29, 0.717) is 10.7 Å². The first-order chi connectivity index (χ1) is 7.49. The molecule has 0 saturated heterocycles. The van der Waals surface area contributed by atoms with Gasteiger partial charge in [0.05, 0.1) is 5.69 Å². The first-order valence-corrected chi connectivity index (χ1v) is 5.66. The number of carbonyl (C=O) groups excluding carboxylic acids is 1. The molecule has 0 saturated carbocycles. The van der Waals surface area contributed by atoms with Crippen LogP contribution >= 0.6 is 34.2 Å². The van der Waals surface area contributed by atoms with Crippen molar-refractivity contribution in [3.05, 3.63) is 26.8 Å². The molecule has 3 N–H and O–H groups in total. The van der Waals surface area contributed by atoms with Crippen molar-refractivity contribution in [2.45, 2.75) is 0 Å². The second-order valence-corrected chi connectivity index (χ2v) is 4.42. The second kappa shape index (κ2) is 5.90. The number of amides is 2. The minimum atomic E-state index is -1.10. The summed E-state index contributed by atoms with van der Waals surface area (Å²) in [7, 11) is 0. The number of rotatable bonds is 3. The third-order valence-corrected chi connectivity index (χ3v) is 2.71. The lowest BCUT2D eigenvalue weighted by atomic mass is 10.3. The van der Waals surface area contributed by atoms with E-state index in [2.05, 4.69) is 10.6 Å². The number of nitrogens with one attached hydrogen (secondary N) is 2. The monoisotopic (exact) mass is 354 g/mol. The molecule has 1 rings (SSSR count). The van der Waals surface area contributed by atoms with E-state index < -0.39 is 18.5 Å². The van der Waals surface area contributed by atoms with Gasteiger partial charge in [0.15, 0.2) is 0 Å². The Labute approximate surface area is 110 Å². The number of urea groups is 1. The van der Waals surface area contributed by atoms with Gasteiger partial charge < -0.3 is 15.7 Å². The van der Waals surface area contributed by atoms with E-state index in [1.807, 2.05) is 22.6 Å². The lowest BCUT2D eigenvalue weighted by Crippen LogP contribution is -2.33. The highest BCUT2D eigenvalue weighted by atomic mass is 127. The maximum atomic E-state index is 11.2. The van der Waals surface area contributed by atoms with Gasteiger partial charge in [-0.15, -0.1) is 0 Å². The van der Waals surface area contributed by atoms with Crippen molar-refractivity contribution in [2.75, 3.05) is 11.9 Å². The maximum absolute atomic E-state index is 11.2. The van der Waals surface area contributed by atoms with Crippen LogP contribution in [0.4, 0.5) is 10.5 Å². The Kier molecular flexibility index (Phi) is 4.81. The van der Waals surface area contributed by atoms with Crippen LogP contribution in [0, 0.1) is 3.57 Å². The van der Waals surface area contributed by atoms with Crippen LogP contribution in [0.15, 0.2) is 18.2 Å². The van der Waals surface area contributed by atoms with E-state index in [-0.39, 0.29) is 0 Å². The summed E-state index contributed by atoms with van der Waals surface area (Å²) in [5, 5.41) is 13.6. The third kappa shape index (κ3) is 4.23. The lowest BCUT2D eigenvalue weighted by molar-refractivity contribution is -0.135. The average molecular weight is 355 g/mol. The Morgan fingerprint density at radius 2 is 2.12 bits per heavy atom. The molecular formula is C9H8ClIN2O3. The molecule has 0 heterocycles. The summed E-state index contributed by atoms with van der Waals surface area (Å²) >= 11 is 7.76. The molecule has 0 spiro atoms. The molecule has 2 amide bonds. The van der Waals surface area contributed by atoms with Crippen LogP contribution in [0.1, 0.15) is 0 Å². The van der Waals surface area contributed by atoms with E-state index in [1.54, 1.807) is 18.2 Å². The summed E-state index contributed by atoms with van der Waals surface area (Å²) in [5.41, 5.74) is 0.577. The first kappa shape index (κ1) is 13.0. The van der Waals surface area contributed by atoms with Crippen LogP contribution in [-0.2, 0) is 4.79 Å². The molecule has 0 aliphatic carbocycles. The first-order valence-electron chi connectivity index (χ1n) is 4.20. The molecular weight excluding hydrogens is 346 g/mol. The Balaban J connectivity index is 2.59. The van der Waals surface area contributed by atoms with Crippen molar-refractivity contribution in [1.82, 2.24) is 5.32 Å². The van der Waals surface area contributed by atoms with Crippen molar-refractivity contribution in [3.8, 4) is 0 Å². The fraction of sp³-hybridized carbons (Fsp3) is 0.111. The SMILES string of the molecule is O=C(O)CNC(=O)Nc1ccc(Cl)cc1I. The van der Waals surface area contributed by atoms with Crippen LogP contribution in [0.3, 0.4) is 0 Å². The van der Waals surface area contributed by atoms with Crippen LogP contribution in [0.2, 0.25) is 5.02 Å². The molecule has 7 heteroatoms. The standard InChI is InChI=1S/C9H8ClIN2O3/c10-5-1-2-7(6(11)3-5)13-9(16)12-4-8(14)15/h1-3H,4H2,(H,14,15)(H2,12,13,16). The van der Waals surface area contributed by atoms with Gasteiger partial charge in [-0.1, -0.05) is 11.6 Å². The molecule has 0 aliphatic heterocycles. The van der Waals surface area contributed by atoms with Gasteiger partial charge in [0.25, 0.3) is 0 Å². The molecule has 16 heavy (non-hydrogen) atoms. The van der Waals surface area contributed by atoms with Gasteiger partial charge in [-0.25, -0.2) is 4.79 Å². The Hall–Kier alpha value is -1.02. The largest absolute Gasteiger partial charge is 0.480 e. The summed E-state index contributed by atoms with van der Waals surface area (Å²) in [5.74, 6) is -1.10. The zero-order valence-electron chi connectivity index (χ0n) is 7.96. The molecule has 0 unspecified atom stereocenters. The molecule has 0 aromatic heterocycles. The van der Waals surface area contributed by atoms with Gasteiger partial charge in [-0.3, -0.25) is 4.79 Å². The number of aliphatic carboxylic acids is 1. The predicted octanol–water partition coefficient (Wildman–Crippen LogP) is 2.15. The summed E-state index contributed by atoms with van der Waals surface area (Å²) in [6, 6.07) is 4.40. The number of carboxylic acid groups (broad SMARTS) is 1. The summed E-state index contributed by atoms with van der Waals surface area (Å²) in [4.78, 5) is 21.4. The summed E-state index contributed by atoms with van der Waals surface area (Å²) < 4.78 is 0.774. The van der Waals surface area contributed by atoms with Gasteiger partial charge in [-0.05, 0) is 40.8 Å². The second-order valence-electron chi connectivity index (χ2n) is 2.83. The minimum absolute atomic E-state index is 0.421. The quantitative estimate of drug-likeness (QED) is 0.728. The highest BCUT2D eigenvalue weighted by Crippen LogP contribution is 2.21. The number of hydrogen-bond donors (Lipinski definition) is 3. The van der Waals surface area contributed by atoms with Crippen molar-refractivity contribution in [2.24, 2.45) is 0 Å². The Morgan fingerprint density at radius 1 is 1.44 bits per heavy atom. The van der Waals surface area contributed by atoms with E-state index >= 15 is 0 Å². The topological polar surface area (TPSA) is 78.4 Å². The lowest BCUT2D eigenvalue weighted by Gasteiger charge is -2.07. The van der Waals surface area contributed by atoms with Gasteiger partial charge in [0.1, 0.15) is 6.54 Å². The zero-order chi connectivity index (χ0) is 12.1. The van der Waals surface area contributed by atoms with E-state index in [4.69, 9.17) is 16.7 Å². The number of carbonyl (C=O) groups is 2. The van der Waals surface area contributed by atoms with Crippen LogP contribution in [-0.4, -0.2) is 23.7 Å². The normalized spacial score (nSPS) is 9.62. The molecule has 1 aromatic carbocycles. The van der Waals surface area contributed by atoms with Gasteiger partial charge >= 0.3 is 12.0 Å². The van der Waals surface area contributed by atoms with Crippen molar-refractivity contribution in [3.63, 3.8) is 0 Å². The number of carboxylic acids is 1. The number of anilines is 1. The number of hydrogen-bond acceptors (Lipinski definition) is 2. The molecule has 0 atom stereocenters. The van der Waals surface area contributed by atoms with Crippen molar-refractivity contribution < 1.29 is 14.7 Å². The smallest absolute Gasteiger partial charge is 0.323 e. The van der Waals surface area contributed by atoms with Crippen LogP contribution < -0.4 is 10.6 Å². The predicted molar refractivity (Wildman–Crippen MR) is 68.8 cm³/mol. The van der Waals surface area contributed by atoms with Gasteiger partial charge in [0.2, 0.25) is 0 Å². The Bertz CT molecular complexity index is 425. The van der Waals surface area contributed by atoms with Crippen LogP contribution in [0.25, 0.3) is 0 Å². The molecule has 0 bridgehead atoms. The average Bonchev–Trinajstić information content (AvgIpc) is 2.19. The fourth-order valence-corrected chi connectivity index (χ4v) is 1.92. The maximum Gasteiger partial charge on any atom is 0.323 e.